The van der Waals surface area contributed by atoms with Gasteiger partial charge < -0.3 is 14.6 Å². The maximum Gasteiger partial charge on any atom is 0.287 e. The summed E-state index contributed by atoms with van der Waals surface area (Å²) in [5.74, 6) is 2.55. The Morgan fingerprint density at radius 3 is 2.69 bits per heavy atom. The van der Waals surface area contributed by atoms with Gasteiger partial charge in [0.25, 0.3) is 5.91 Å². The summed E-state index contributed by atoms with van der Waals surface area (Å²) in [4.78, 5) is 26.4. The lowest BCUT2D eigenvalue weighted by atomic mass is 10.2. The fourth-order valence-electron chi connectivity index (χ4n) is 4.01. The van der Waals surface area contributed by atoms with Crippen molar-refractivity contribution in [1.82, 2.24) is 20.2 Å². The highest BCUT2D eigenvalue weighted by atomic mass is 32.2. The van der Waals surface area contributed by atoms with Crippen LogP contribution < -0.4 is 10.2 Å². The Bertz CT molecular complexity index is 1170. The standard InChI is InChI=1S/C27H31N5O2S/c1-20-18-25(32-16-14-31(15-17-32)13-5-8-21-6-3-2-4-7-21)30-27(28-20)35-19-23-11-12-24(34-23)26(33)29-22-9-10-22/h2-8,11-12,18,22H,9-10,13-17,19H2,1H3,(H,29,33)/b8-5+. The summed E-state index contributed by atoms with van der Waals surface area (Å²) >= 11 is 1.53. The normalized spacial score (nSPS) is 16.7. The molecule has 1 aliphatic carbocycles. The molecule has 1 saturated carbocycles. The summed E-state index contributed by atoms with van der Waals surface area (Å²) < 4.78 is 5.73. The van der Waals surface area contributed by atoms with Crippen LogP contribution in [0.25, 0.3) is 6.08 Å². The molecule has 2 fully saturated rings. The van der Waals surface area contributed by atoms with Crippen LogP contribution in [0.1, 0.15) is 40.4 Å². The maximum absolute atomic E-state index is 12.1. The molecule has 1 aromatic carbocycles. The smallest absolute Gasteiger partial charge is 0.287 e. The fourth-order valence-corrected chi connectivity index (χ4v) is 4.80. The largest absolute Gasteiger partial charge is 0.455 e. The van der Waals surface area contributed by atoms with Gasteiger partial charge in [-0.15, -0.1) is 0 Å². The quantitative estimate of drug-likeness (QED) is 0.353. The number of nitrogens with zero attached hydrogens (tertiary/aromatic N) is 4. The van der Waals surface area contributed by atoms with E-state index in [9.17, 15) is 4.79 Å². The molecular formula is C27H31N5O2S. The first kappa shape index (κ1) is 23.6. The second-order valence-electron chi connectivity index (χ2n) is 9.05. The second kappa shape index (κ2) is 11.1. The molecular weight excluding hydrogens is 458 g/mol. The molecule has 1 amide bonds. The molecule has 2 aromatic heterocycles. The number of aromatic nitrogens is 2. The number of amides is 1. The van der Waals surface area contributed by atoms with Gasteiger partial charge in [-0.1, -0.05) is 54.2 Å². The zero-order valence-corrected chi connectivity index (χ0v) is 20.8. The number of benzene rings is 1. The minimum Gasteiger partial charge on any atom is -0.455 e. The van der Waals surface area contributed by atoms with Gasteiger partial charge in [-0.05, 0) is 37.5 Å². The van der Waals surface area contributed by atoms with Crippen molar-refractivity contribution in [3.63, 3.8) is 0 Å². The molecule has 0 unspecified atom stereocenters. The summed E-state index contributed by atoms with van der Waals surface area (Å²) in [6, 6.07) is 16.4. The van der Waals surface area contributed by atoms with E-state index in [-0.39, 0.29) is 5.91 Å². The van der Waals surface area contributed by atoms with Gasteiger partial charge >= 0.3 is 0 Å². The number of furan rings is 1. The minimum atomic E-state index is -0.132. The van der Waals surface area contributed by atoms with E-state index in [0.717, 1.165) is 68.0 Å². The van der Waals surface area contributed by atoms with Crippen molar-refractivity contribution in [2.24, 2.45) is 0 Å². The van der Waals surface area contributed by atoms with Crippen molar-refractivity contribution in [3.05, 3.63) is 77.4 Å². The molecule has 1 N–H and O–H groups in total. The lowest BCUT2D eigenvalue weighted by Gasteiger charge is -2.35. The number of thioether (sulfide) groups is 1. The number of nitrogens with one attached hydrogen (secondary N) is 1. The Morgan fingerprint density at radius 2 is 1.91 bits per heavy atom. The monoisotopic (exact) mass is 489 g/mol. The van der Waals surface area contributed by atoms with Crippen molar-refractivity contribution in [2.45, 2.75) is 36.7 Å². The highest BCUT2D eigenvalue weighted by Gasteiger charge is 2.25. The van der Waals surface area contributed by atoms with Crippen molar-refractivity contribution < 1.29 is 9.21 Å². The number of carbonyl (C=O) groups excluding carboxylic acids is 1. The zero-order chi connectivity index (χ0) is 24.0. The molecule has 3 aromatic rings. The lowest BCUT2D eigenvalue weighted by molar-refractivity contribution is 0.0922. The van der Waals surface area contributed by atoms with E-state index in [2.05, 4.69) is 62.6 Å². The molecule has 5 rings (SSSR count). The first-order valence-corrected chi connectivity index (χ1v) is 13.2. The first-order chi connectivity index (χ1) is 17.1. The average molecular weight is 490 g/mol. The third kappa shape index (κ3) is 6.74. The van der Waals surface area contributed by atoms with E-state index < -0.39 is 0 Å². The van der Waals surface area contributed by atoms with E-state index in [1.165, 1.54) is 17.3 Å². The molecule has 0 bridgehead atoms. The molecule has 8 heteroatoms. The molecule has 0 radical (unpaired) electrons. The second-order valence-corrected chi connectivity index (χ2v) is 10.00. The van der Waals surface area contributed by atoms with Crippen LogP contribution in [0.5, 0.6) is 0 Å². The lowest BCUT2D eigenvalue weighted by Crippen LogP contribution is -2.46. The Hall–Kier alpha value is -3.10. The Kier molecular flexibility index (Phi) is 7.49. The van der Waals surface area contributed by atoms with Gasteiger partial charge in [-0.3, -0.25) is 9.69 Å². The highest BCUT2D eigenvalue weighted by Crippen LogP contribution is 2.25. The van der Waals surface area contributed by atoms with Crippen molar-refractivity contribution in [1.29, 1.82) is 0 Å². The van der Waals surface area contributed by atoms with Gasteiger partial charge in [-0.25, -0.2) is 9.97 Å². The van der Waals surface area contributed by atoms with Crippen LogP contribution in [0, 0.1) is 6.92 Å². The van der Waals surface area contributed by atoms with E-state index in [1.807, 2.05) is 19.1 Å². The average Bonchev–Trinajstić information content (AvgIpc) is 3.56. The molecule has 182 valence electrons. The summed E-state index contributed by atoms with van der Waals surface area (Å²) in [7, 11) is 0. The van der Waals surface area contributed by atoms with Gasteiger partial charge in [-0.2, -0.15) is 0 Å². The predicted molar refractivity (Wildman–Crippen MR) is 140 cm³/mol. The topological polar surface area (TPSA) is 74.5 Å². The van der Waals surface area contributed by atoms with E-state index in [1.54, 1.807) is 6.07 Å². The van der Waals surface area contributed by atoms with Crippen LogP contribution >= 0.6 is 11.8 Å². The van der Waals surface area contributed by atoms with Gasteiger partial charge in [0.2, 0.25) is 0 Å². The Morgan fingerprint density at radius 1 is 1.11 bits per heavy atom. The number of rotatable bonds is 9. The number of piperazine rings is 1. The van der Waals surface area contributed by atoms with Crippen LogP contribution in [0.4, 0.5) is 5.82 Å². The van der Waals surface area contributed by atoms with Gasteiger partial charge in [0.05, 0.1) is 5.75 Å². The SMILES string of the molecule is Cc1cc(N2CCN(C/C=C/c3ccccc3)CC2)nc(SCc2ccc(C(=O)NC3CC3)o2)n1. The van der Waals surface area contributed by atoms with E-state index in [0.29, 0.717) is 17.6 Å². The van der Waals surface area contributed by atoms with Gasteiger partial charge in [0.15, 0.2) is 10.9 Å². The third-order valence-electron chi connectivity index (χ3n) is 6.13. The molecule has 1 saturated heterocycles. The third-order valence-corrected chi connectivity index (χ3v) is 7.00. The molecule has 2 aliphatic rings. The number of carbonyl (C=O) groups is 1. The number of hydrogen-bond acceptors (Lipinski definition) is 7. The fraction of sp³-hybridized carbons (Fsp3) is 0.370. The Labute approximate surface area is 210 Å². The molecule has 1 aliphatic heterocycles. The molecule has 0 atom stereocenters. The van der Waals surface area contributed by atoms with Crippen LogP contribution in [0.2, 0.25) is 0 Å². The van der Waals surface area contributed by atoms with Crippen molar-refractivity contribution in [2.75, 3.05) is 37.6 Å². The number of anilines is 1. The van der Waals surface area contributed by atoms with Crippen LogP contribution in [-0.4, -0.2) is 59.5 Å². The molecule has 35 heavy (non-hydrogen) atoms. The van der Waals surface area contributed by atoms with Gasteiger partial charge in [0, 0.05) is 50.5 Å². The summed E-state index contributed by atoms with van der Waals surface area (Å²) in [5.41, 5.74) is 2.19. The first-order valence-electron chi connectivity index (χ1n) is 12.2. The molecule has 0 spiro atoms. The minimum absolute atomic E-state index is 0.132. The maximum atomic E-state index is 12.1. The predicted octanol–water partition coefficient (Wildman–Crippen LogP) is 4.40. The van der Waals surface area contributed by atoms with Crippen LogP contribution in [0.3, 0.4) is 0 Å². The molecule has 3 heterocycles. The van der Waals surface area contributed by atoms with Crippen LogP contribution in [-0.2, 0) is 5.75 Å². The van der Waals surface area contributed by atoms with Gasteiger partial charge in [0.1, 0.15) is 11.6 Å². The van der Waals surface area contributed by atoms with E-state index in [4.69, 9.17) is 9.40 Å². The molecule has 7 nitrogen and oxygen atoms in total. The van der Waals surface area contributed by atoms with Crippen LogP contribution in [0.15, 0.2) is 64.2 Å². The summed E-state index contributed by atoms with van der Waals surface area (Å²) in [5, 5.41) is 3.68. The number of hydrogen-bond donors (Lipinski definition) is 1. The summed E-state index contributed by atoms with van der Waals surface area (Å²) in [6.07, 6.45) is 6.54. The Balaban J connectivity index is 1.12. The number of aryl methyl sites for hydroxylation is 1. The van der Waals surface area contributed by atoms with Crippen molar-refractivity contribution >= 4 is 29.6 Å². The summed E-state index contributed by atoms with van der Waals surface area (Å²) in [6.45, 7) is 6.85. The van der Waals surface area contributed by atoms with Crippen molar-refractivity contribution in [3.8, 4) is 0 Å². The van der Waals surface area contributed by atoms with E-state index >= 15 is 0 Å². The zero-order valence-electron chi connectivity index (χ0n) is 20.0. The highest BCUT2D eigenvalue weighted by molar-refractivity contribution is 7.98.